The van der Waals surface area contributed by atoms with E-state index >= 15 is 0 Å². The Kier molecular flexibility index (Phi) is 6.41. The van der Waals surface area contributed by atoms with Gasteiger partial charge in [0.15, 0.2) is 0 Å². The lowest BCUT2D eigenvalue weighted by atomic mass is 9.95. The quantitative estimate of drug-likeness (QED) is 0.716. The number of carbonyl (C=O) groups excluding carboxylic acids is 1. The van der Waals surface area contributed by atoms with Crippen LogP contribution < -0.4 is 11.0 Å². The van der Waals surface area contributed by atoms with Crippen molar-refractivity contribution in [2.45, 2.75) is 18.8 Å². The second-order valence-corrected chi connectivity index (χ2v) is 6.83. The van der Waals surface area contributed by atoms with Gasteiger partial charge < -0.3 is 10.1 Å². The molecule has 1 aromatic carbocycles. The Labute approximate surface area is 158 Å². The van der Waals surface area contributed by atoms with Crippen molar-refractivity contribution in [2.75, 3.05) is 39.9 Å². The van der Waals surface area contributed by atoms with Gasteiger partial charge in [-0.1, -0.05) is 18.2 Å². The number of nitrogens with one attached hydrogen (secondary N) is 1. The van der Waals surface area contributed by atoms with E-state index < -0.39 is 0 Å². The van der Waals surface area contributed by atoms with E-state index in [1.54, 1.807) is 18.7 Å². The molecule has 0 aliphatic carbocycles. The molecule has 8 nitrogen and oxygen atoms in total. The SMILES string of the molecule is COCCNC(=O)CN1CCC(c2nn(C)c(=O)n2-c2ccccc2)CC1. The summed E-state index contributed by atoms with van der Waals surface area (Å²) in [4.78, 5) is 26.7. The number of amides is 1. The topological polar surface area (TPSA) is 81.4 Å². The van der Waals surface area contributed by atoms with Crippen LogP contribution in [-0.2, 0) is 16.6 Å². The number of benzene rings is 1. The molecule has 1 aliphatic heterocycles. The second kappa shape index (κ2) is 8.96. The molecule has 8 heteroatoms. The van der Waals surface area contributed by atoms with Crippen LogP contribution in [0.3, 0.4) is 0 Å². The molecule has 0 radical (unpaired) electrons. The maximum Gasteiger partial charge on any atom is 0.350 e. The molecule has 27 heavy (non-hydrogen) atoms. The minimum atomic E-state index is -0.129. The standard InChI is InChI=1S/C19H27N5O3/c1-22-19(26)24(16-6-4-3-5-7-16)18(21-22)15-8-11-23(12-9-15)14-17(25)20-10-13-27-2/h3-7,15H,8-14H2,1-2H3,(H,20,25). The Bertz CT molecular complexity index is 806. The molecule has 0 atom stereocenters. The monoisotopic (exact) mass is 373 g/mol. The van der Waals surface area contributed by atoms with Crippen LogP contribution in [0.4, 0.5) is 0 Å². The number of nitrogens with zero attached hydrogens (tertiary/aromatic N) is 4. The Morgan fingerprint density at radius 2 is 1.96 bits per heavy atom. The molecule has 0 unspecified atom stereocenters. The summed E-state index contributed by atoms with van der Waals surface area (Å²) in [6, 6.07) is 9.62. The molecule has 0 spiro atoms. The zero-order chi connectivity index (χ0) is 19.2. The van der Waals surface area contributed by atoms with E-state index in [2.05, 4.69) is 15.3 Å². The van der Waals surface area contributed by atoms with E-state index in [4.69, 9.17) is 4.74 Å². The van der Waals surface area contributed by atoms with Crippen LogP contribution in [0.15, 0.2) is 35.1 Å². The highest BCUT2D eigenvalue weighted by Crippen LogP contribution is 2.27. The van der Waals surface area contributed by atoms with Crippen LogP contribution in [0.5, 0.6) is 0 Å². The first-order valence-electron chi connectivity index (χ1n) is 9.29. The summed E-state index contributed by atoms with van der Waals surface area (Å²) in [6.45, 7) is 3.06. The molecule has 2 aromatic rings. The van der Waals surface area contributed by atoms with Gasteiger partial charge >= 0.3 is 5.69 Å². The van der Waals surface area contributed by atoms with Crippen molar-refractivity contribution in [1.82, 2.24) is 24.6 Å². The Hall–Kier alpha value is -2.45. The highest BCUT2D eigenvalue weighted by molar-refractivity contribution is 5.78. The molecule has 1 fully saturated rings. The largest absolute Gasteiger partial charge is 0.383 e. The Morgan fingerprint density at radius 1 is 1.26 bits per heavy atom. The molecule has 0 saturated carbocycles. The average molecular weight is 373 g/mol. The number of ether oxygens (including phenoxy) is 1. The zero-order valence-corrected chi connectivity index (χ0v) is 15.9. The summed E-state index contributed by atoms with van der Waals surface area (Å²) in [5, 5.41) is 7.35. The van der Waals surface area contributed by atoms with Crippen molar-refractivity contribution in [2.24, 2.45) is 7.05 Å². The molecule has 146 valence electrons. The van der Waals surface area contributed by atoms with Crippen molar-refractivity contribution < 1.29 is 9.53 Å². The number of rotatable bonds is 7. The number of hydrogen-bond donors (Lipinski definition) is 1. The van der Waals surface area contributed by atoms with Crippen molar-refractivity contribution in [3.05, 3.63) is 46.6 Å². The van der Waals surface area contributed by atoms with Crippen molar-refractivity contribution in [3.63, 3.8) is 0 Å². The third-order valence-electron chi connectivity index (χ3n) is 4.91. The number of piperidine rings is 1. The maximum atomic E-state index is 12.6. The van der Waals surface area contributed by atoms with Crippen LogP contribution in [-0.4, -0.2) is 65.1 Å². The second-order valence-electron chi connectivity index (χ2n) is 6.83. The summed E-state index contributed by atoms with van der Waals surface area (Å²) < 4.78 is 8.05. The molecule has 1 N–H and O–H groups in total. The van der Waals surface area contributed by atoms with E-state index in [0.717, 1.165) is 37.4 Å². The number of hydrogen-bond acceptors (Lipinski definition) is 5. The number of likely N-dealkylation sites (tertiary alicyclic amines) is 1. The zero-order valence-electron chi connectivity index (χ0n) is 15.9. The van der Waals surface area contributed by atoms with E-state index in [-0.39, 0.29) is 17.5 Å². The van der Waals surface area contributed by atoms with Crippen LogP contribution in [0.2, 0.25) is 0 Å². The summed E-state index contributed by atoms with van der Waals surface area (Å²) in [6.07, 6.45) is 1.74. The van der Waals surface area contributed by atoms with Gasteiger partial charge in [0, 0.05) is 26.6 Å². The van der Waals surface area contributed by atoms with Crippen molar-refractivity contribution in [3.8, 4) is 5.69 Å². The normalized spacial score (nSPS) is 15.8. The summed E-state index contributed by atoms with van der Waals surface area (Å²) in [7, 11) is 3.30. The van der Waals surface area contributed by atoms with E-state index in [0.29, 0.717) is 19.7 Å². The van der Waals surface area contributed by atoms with Gasteiger partial charge in [-0.3, -0.25) is 9.69 Å². The number of carbonyl (C=O) groups is 1. The lowest BCUT2D eigenvalue weighted by molar-refractivity contribution is -0.122. The number of aryl methyl sites for hydroxylation is 1. The van der Waals surface area contributed by atoms with Gasteiger partial charge in [0.25, 0.3) is 0 Å². The smallest absolute Gasteiger partial charge is 0.350 e. The predicted molar refractivity (Wildman–Crippen MR) is 102 cm³/mol. The lowest BCUT2D eigenvalue weighted by Gasteiger charge is -2.31. The minimum absolute atomic E-state index is 0.0181. The fourth-order valence-corrected chi connectivity index (χ4v) is 3.47. The van der Waals surface area contributed by atoms with Crippen LogP contribution in [0, 0.1) is 0 Å². The first-order valence-corrected chi connectivity index (χ1v) is 9.29. The van der Waals surface area contributed by atoms with Crippen molar-refractivity contribution in [1.29, 1.82) is 0 Å². The van der Waals surface area contributed by atoms with Crippen molar-refractivity contribution >= 4 is 5.91 Å². The molecular weight excluding hydrogens is 346 g/mol. The van der Waals surface area contributed by atoms with Crippen LogP contribution >= 0.6 is 0 Å². The maximum absolute atomic E-state index is 12.6. The van der Waals surface area contributed by atoms with Gasteiger partial charge in [0.2, 0.25) is 5.91 Å². The fraction of sp³-hybridized carbons (Fsp3) is 0.526. The van der Waals surface area contributed by atoms with Crippen LogP contribution in [0.1, 0.15) is 24.6 Å². The van der Waals surface area contributed by atoms with E-state index in [1.165, 1.54) is 4.68 Å². The molecule has 1 saturated heterocycles. The fourth-order valence-electron chi connectivity index (χ4n) is 3.47. The van der Waals surface area contributed by atoms with Gasteiger partial charge in [-0.15, -0.1) is 0 Å². The molecule has 1 aromatic heterocycles. The molecule has 1 amide bonds. The van der Waals surface area contributed by atoms with Gasteiger partial charge in [-0.05, 0) is 38.1 Å². The first-order chi connectivity index (χ1) is 13.1. The van der Waals surface area contributed by atoms with Gasteiger partial charge in [0.05, 0.1) is 18.8 Å². The molecule has 1 aliphatic rings. The Balaban J connectivity index is 1.64. The molecule has 2 heterocycles. The average Bonchev–Trinajstić information content (AvgIpc) is 2.98. The van der Waals surface area contributed by atoms with E-state index in [9.17, 15) is 9.59 Å². The highest BCUT2D eigenvalue weighted by Gasteiger charge is 2.27. The van der Waals surface area contributed by atoms with E-state index in [1.807, 2.05) is 30.3 Å². The lowest BCUT2D eigenvalue weighted by Crippen LogP contribution is -2.42. The number of para-hydroxylation sites is 1. The Morgan fingerprint density at radius 3 is 2.63 bits per heavy atom. The molecule has 0 bridgehead atoms. The predicted octanol–water partition coefficient (Wildman–Crippen LogP) is 0.513. The van der Waals surface area contributed by atoms with Gasteiger partial charge in [-0.25, -0.2) is 14.0 Å². The summed E-state index contributed by atoms with van der Waals surface area (Å²) in [5.74, 6) is 1.02. The third kappa shape index (κ3) is 4.64. The number of methoxy groups -OCH3 is 1. The summed E-state index contributed by atoms with van der Waals surface area (Å²) in [5.41, 5.74) is 0.710. The minimum Gasteiger partial charge on any atom is -0.383 e. The molecular formula is C19H27N5O3. The highest BCUT2D eigenvalue weighted by atomic mass is 16.5. The third-order valence-corrected chi connectivity index (χ3v) is 4.91. The summed E-state index contributed by atoms with van der Waals surface area (Å²) >= 11 is 0. The number of aromatic nitrogens is 3. The van der Waals surface area contributed by atoms with Gasteiger partial charge in [-0.2, -0.15) is 5.10 Å². The van der Waals surface area contributed by atoms with Crippen LogP contribution in [0.25, 0.3) is 5.69 Å². The first kappa shape index (κ1) is 19.3. The van der Waals surface area contributed by atoms with Gasteiger partial charge in [0.1, 0.15) is 5.82 Å². The molecule has 3 rings (SSSR count).